The first-order valence-corrected chi connectivity index (χ1v) is 9.72. The molecule has 1 fully saturated rings. The molecule has 4 rings (SSSR count). The number of rotatable bonds is 4. The lowest BCUT2D eigenvalue weighted by atomic mass is 10.2. The maximum absolute atomic E-state index is 12.8. The quantitative estimate of drug-likeness (QED) is 0.453. The second-order valence-corrected chi connectivity index (χ2v) is 7.69. The van der Waals surface area contributed by atoms with Gasteiger partial charge in [0.15, 0.2) is 4.32 Å². The summed E-state index contributed by atoms with van der Waals surface area (Å²) in [5.41, 5.74) is 1.52. The highest BCUT2D eigenvalue weighted by Crippen LogP contribution is 2.37. The maximum Gasteiger partial charge on any atom is 0.270 e. The number of anilines is 1. The van der Waals surface area contributed by atoms with Crippen molar-refractivity contribution in [3.8, 4) is 17.2 Å². The molecule has 3 aromatic rings. The first-order valence-electron chi connectivity index (χ1n) is 8.50. The van der Waals surface area contributed by atoms with E-state index in [1.54, 1.807) is 30.3 Å². The predicted octanol–water partition coefficient (Wildman–Crippen LogP) is 5.59. The molecule has 4 nitrogen and oxygen atoms in total. The van der Waals surface area contributed by atoms with E-state index in [0.29, 0.717) is 20.7 Å². The Morgan fingerprint density at radius 2 is 1.54 bits per heavy atom. The number of nitrogens with zero attached hydrogens (tertiary/aromatic N) is 1. The van der Waals surface area contributed by atoms with Gasteiger partial charge < -0.3 is 9.84 Å². The zero-order valence-electron chi connectivity index (χ0n) is 14.6. The van der Waals surface area contributed by atoms with Gasteiger partial charge in [-0.1, -0.05) is 54.3 Å². The number of amides is 1. The molecular weight excluding hydrogens is 390 g/mol. The molecule has 1 amide bonds. The predicted molar refractivity (Wildman–Crippen MR) is 117 cm³/mol. The standard InChI is InChI=1S/C22H15NO3S2/c24-17-10-6-15(7-11-17)14-20-21(25)23(22(27)28-20)16-8-12-19(13-9-16)26-18-4-2-1-3-5-18/h1-14,24H/b20-14-. The number of phenols is 1. The van der Waals surface area contributed by atoms with Gasteiger partial charge in [0.2, 0.25) is 0 Å². The molecule has 6 heteroatoms. The second-order valence-electron chi connectivity index (χ2n) is 6.02. The smallest absolute Gasteiger partial charge is 0.270 e. The molecular formula is C22H15NO3S2. The first-order chi connectivity index (χ1) is 13.6. The van der Waals surface area contributed by atoms with E-state index in [-0.39, 0.29) is 11.7 Å². The molecule has 0 aliphatic carbocycles. The van der Waals surface area contributed by atoms with Crippen LogP contribution in [0.3, 0.4) is 0 Å². The largest absolute Gasteiger partial charge is 0.508 e. The van der Waals surface area contributed by atoms with Crippen molar-refractivity contribution < 1.29 is 14.6 Å². The topological polar surface area (TPSA) is 49.8 Å². The minimum atomic E-state index is -0.167. The number of para-hydroxylation sites is 1. The average Bonchev–Trinajstić information content (AvgIpc) is 2.98. The zero-order valence-corrected chi connectivity index (χ0v) is 16.2. The Morgan fingerprint density at radius 1 is 0.893 bits per heavy atom. The third-order valence-corrected chi connectivity index (χ3v) is 5.36. The van der Waals surface area contributed by atoms with Crippen LogP contribution in [0.4, 0.5) is 5.69 Å². The number of thiocarbonyl (C=S) groups is 1. The minimum absolute atomic E-state index is 0.167. The number of hydrogen-bond acceptors (Lipinski definition) is 5. The SMILES string of the molecule is O=C1/C(=C/c2ccc(O)cc2)SC(=S)N1c1ccc(Oc2ccccc2)cc1. The van der Waals surface area contributed by atoms with Crippen LogP contribution in [-0.2, 0) is 4.79 Å². The third kappa shape index (κ3) is 3.93. The molecule has 1 aliphatic rings. The fraction of sp³-hybridized carbons (Fsp3) is 0. The van der Waals surface area contributed by atoms with Crippen LogP contribution in [0.1, 0.15) is 5.56 Å². The van der Waals surface area contributed by atoms with Crippen molar-refractivity contribution in [3.05, 3.63) is 89.3 Å². The number of carbonyl (C=O) groups excluding carboxylic acids is 1. The number of hydrogen-bond donors (Lipinski definition) is 1. The Hall–Kier alpha value is -3.09. The van der Waals surface area contributed by atoms with Crippen molar-refractivity contribution in [2.45, 2.75) is 0 Å². The summed E-state index contributed by atoms with van der Waals surface area (Å²) in [6.07, 6.45) is 1.77. The van der Waals surface area contributed by atoms with Crippen LogP contribution < -0.4 is 9.64 Å². The molecule has 0 radical (unpaired) electrons. The van der Waals surface area contributed by atoms with E-state index >= 15 is 0 Å². The van der Waals surface area contributed by atoms with Crippen molar-refractivity contribution in [2.75, 3.05) is 4.90 Å². The number of carbonyl (C=O) groups is 1. The van der Waals surface area contributed by atoms with Gasteiger partial charge in [-0.25, -0.2) is 0 Å². The van der Waals surface area contributed by atoms with Crippen LogP contribution in [0.5, 0.6) is 17.2 Å². The highest BCUT2D eigenvalue weighted by Gasteiger charge is 2.33. The van der Waals surface area contributed by atoms with Gasteiger partial charge in [0.05, 0.1) is 10.6 Å². The number of thioether (sulfide) groups is 1. The van der Waals surface area contributed by atoms with Crippen LogP contribution in [-0.4, -0.2) is 15.3 Å². The summed E-state index contributed by atoms with van der Waals surface area (Å²) in [4.78, 5) is 14.9. The van der Waals surface area contributed by atoms with Crippen molar-refractivity contribution in [2.24, 2.45) is 0 Å². The van der Waals surface area contributed by atoms with Gasteiger partial charge in [0.1, 0.15) is 17.2 Å². The fourth-order valence-electron chi connectivity index (χ4n) is 2.70. The highest BCUT2D eigenvalue weighted by molar-refractivity contribution is 8.27. The third-order valence-electron chi connectivity index (χ3n) is 4.06. The van der Waals surface area contributed by atoms with Crippen LogP contribution in [0.15, 0.2) is 83.8 Å². The van der Waals surface area contributed by atoms with Gasteiger partial charge in [-0.2, -0.15) is 0 Å². The molecule has 0 bridgehead atoms. The molecule has 0 atom stereocenters. The first kappa shape index (κ1) is 18.3. The Morgan fingerprint density at radius 3 is 2.21 bits per heavy atom. The zero-order chi connectivity index (χ0) is 19.5. The van der Waals surface area contributed by atoms with Gasteiger partial charge in [0, 0.05) is 0 Å². The summed E-state index contributed by atoms with van der Waals surface area (Å²) < 4.78 is 6.26. The van der Waals surface area contributed by atoms with E-state index < -0.39 is 0 Å². The van der Waals surface area contributed by atoms with E-state index in [1.807, 2.05) is 54.6 Å². The van der Waals surface area contributed by atoms with Gasteiger partial charge in [-0.3, -0.25) is 9.69 Å². The van der Waals surface area contributed by atoms with Crippen molar-refractivity contribution in [1.82, 2.24) is 0 Å². The molecule has 1 N–H and O–H groups in total. The Kier molecular flexibility index (Phi) is 5.14. The minimum Gasteiger partial charge on any atom is -0.508 e. The number of aromatic hydroxyl groups is 1. The second kappa shape index (κ2) is 7.88. The van der Waals surface area contributed by atoms with E-state index in [4.69, 9.17) is 17.0 Å². The van der Waals surface area contributed by atoms with Gasteiger partial charge in [0.25, 0.3) is 5.91 Å². The van der Waals surface area contributed by atoms with Gasteiger partial charge >= 0.3 is 0 Å². The van der Waals surface area contributed by atoms with E-state index in [1.165, 1.54) is 16.7 Å². The maximum atomic E-state index is 12.8. The van der Waals surface area contributed by atoms with E-state index in [2.05, 4.69) is 0 Å². The molecule has 28 heavy (non-hydrogen) atoms. The number of phenolic OH excluding ortho intramolecular Hbond substituents is 1. The Balaban J connectivity index is 1.53. The summed E-state index contributed by atoms with van der Waals surface area (Å²) in [6, 6.07) is 23.4. The number of benzene rings is 3. The summed E-state index contributed by atoms with van der Waals surface area (Å²) >= 11 is 6.67. The highest BCUT2D eigenvalue weighted by atomic mass is 32.2. The van der Waals surface area contributed by atoms with Crippen LogP contribution >= 0.6 is 24.0 Å². The van der Waals surface area contributed by atoms with Crippen LogP contribution in [0.2, 0.25) is 0 Å². The molecule has 1 aliphatic heterocycles. The van der Waals surface area contributed by atoms with Crippen LogP contribution in [0, 0.1) is 0 Å². The average molecular weight is 406 g/mol. The monoisotopic (exact) mass is 405 g/mol. The van der Waals surface area contributed by atoms with Gasteiger partial charge in [-0.05, 0) is 60.2 Å². The lowest BCUT2D eigenvalue weighted by Crippen LogP contribution is -2.27. The normalized spacial score (nSPS) is 15.3. The Labute approximate surface area is 172 Å². The van der Waals surface area contributed by atoms with Crippen LogP contribution in [0.25, 0.3) is 6.08 Å². The van der Waals surface area contributed by atoms with Crippen molar-refractivity contribution in [3.63, 3.8) is 0 Å². The molecule has 0 aromatic heterocycles. The lowest BCUT2D eigenvalue weighted by Gasteiger charge is -2.15. The number of ether oxygens (including phenoxy) is 1. The molecule has 3 aromatic carbocycles. The van der Waals surface area contributed by atoms with Gasteiger partial charge in [-0.15, -0.1) is 0 Å². The summed E-state index contributed by atoms with van der Waals surface area (Å²) in [6.45, 7) is 0. The molecule has 138 valence electrons. The van der Waals surface area contributed by atoms with E-state index in [0.717, 1.165) is 11.3 Å². The lowest BCUT2D eigenvalue weighted by molar-refractivity contribution is -0.113. The fourth-order valence-corrected chi connectivity index (χ4v) is 4.00. The summed E-state index contributed by atoms with van der Waals surface area (Å²) in [7, 11) is 0. The van der Waals surface area contributed by atoms with E-state index in [9.17, 15) is 9.90 Å². The molecule has 0 unspecified atom stereocenters. The summed E-state index contributed by atoms with van der Waals surface area (Å²) in [5.74, 6) is 1.44. The molecule has 1 saturated heterocycles. The van der Waals surface area contributed by atoms with Crippen molar-refractivity contribution in [1.29, 1.82) is 0 Å². The molecule has 0 spiro atoms. The molecule has 1 heterocycles. The summed E-state index contributed by atoms with van der Waals surface area (Å²) in [5, 5.41) is 9.39. The van der Waals surface area contributed by atoms with Crippen molar-refractivity contribution >= 4 is 46.0 Å². The Bertz CT molecular complexity index is 1050. The molecule has 0 saturated carbocycles.